The molecule has 10 heteroatoms. The molecule has 10 nitrogen and oxygen atoms in total. The molecule has 2 fully saturated rings. The van der Waals surface area contributed by atoms with Gasteiger partial charge in [-0.25, -0.2) is 4.79 Å². The van der Waals surface area contributed by atoms with Crippen LogP contribution in [0.5, 0.6) is 17.2 Å². The summed E-state index contributed by atoms with van der Waals surface area (Å²) in [7, 11) is 6.14. The molecule has 1 N–H and O–H groups in total. The SMILES string of the molecule is COC(=O)[C@H]1[C@H]2C[C@@H]3c4c(c5ccc(OC)cc5n4C(C)C)CCN3C[C@H]2C[C@@H](OC(=O)/C=C/c2ccc(O)c(OC)c2)[C@@H]1OC. The van der Waals surface area contributed by atoms with Crippen LogP contribution in [0.3, 0.4) is 0 Å². The van der Waals surface area contributed by atoms with E-state index < -0.39 is 24.1 Å². The van der Waals surface area contributed by atoms with Gasteiger partial charge in [-0.2, -0.15) is 0 Å². The van der Waals surface area contributed by atoms with Gasteiger partial charge in [-0.05, 0) is 86.4 Å². The topological polar surface area (TPSA) is 109 Å². The smallest absolute Gasteiger partial charge is 0.331 e. The second kappa shape index (κ2) is 13.0. The Bertz CT molecular complexity index is 1640. The average molecular weight is 633 g/mol. The highest BCUT2D eigenvalue weighted by molar-refractivity contribution is 5.88. The van der Waals surface area contributed by atoms with Crippen LogP contribution in [-0.4, -0.2) is 80.2 Å². The standard InChI is InChI=1S/C36H44N2O8/c1-20(2)38-27-17-23(42-3)9-10-24(27)25-13-14-37-19-22-16-31(46-32(40)12-8-21-7-11-29(39)30(15-21)43-4)35(44-5)33(36(41)45-6)26(22)18-28(37)34(25)38/h7-12,15,17,20,22,26,28,31,33,35,39H,13-14,16,18-19H2,1-6H3/b12-8+/t22-,26+,28-,31-,33+,35+/m1/s1. The number of benzene rings is 2. The Morgan fingerprint density at radius 3 is 2.52 bits per heavy atom. The van der Waals surface area contributed by atoms with Gasteiger partial charge in [-0.15, -0.1) is 0 Å². The number of aromatic hydroxyl groups is 1. The number of nitrogens with zero attached hydrogens (tertiary/aromatic N) is 2. The van der Waals surface area contributed by atoms with Crippen molar-refractivity contribution in [2.75, 3.05) is 41.5 Å². The normalized spacial score (nSPS) is 26.0. The largest absolute Gasteiger partial charge is 0.504 e. The maximum absolute atomic E-state index is 13.5. The van der Waals surface area contributed by atoms with Crippen LogP contribution < -0.4 is 9.47 Å². The Balaban J connectivity index is 1.29. The number of hydrogen-bond acceptors (Lipinski definition) is 9. The lowest BCUT2D eigenvalue weighted by Crippen LogP contribution is -2.58. The molecule has 1 aliphatic carbocycles. The summed E-state index contributed by atoms with van der Waals surface area (Å²) in [5.74, 6) is -0.182. The van der Waals surface area contributed by atoms with E-state index in [0.29, 0.717) is 17.7 Å². The Morgan fingerprint density at radius 1 is 1.02 bits per heavy atom. The molecule has 46 heavy (non-hydrogen) atoms. The number of esters is 2. The number of phenols is 1. The molecule has 6 rings (SSSR count). The van der Waals surface area contributed by atoms with Crippen LogP contribution in [-0.2, 0) is 30.2 Å². The molecule has 1 saturated carbocycles. The minimum absolute atomic E-state index is 0.00674. The minimum atomic E-state index is -0.644. The molecule has 3 aliphatic rings. The zero-order valence-electron chi connectivity index (χ0n) is 27.4. The molecule has 0 bridgehead atoms. The molecular weight excluding hydrogens is 588 g/mol. The van der Waals surface area contributed by atoms with Gasteiger partial charge in [0.05, 0.1) is 38.8 Å². The van der Waals surface area contributed by atoms with E-state index in [2.05, 4.69) is 35.4 Å². The average Bonchev–Trinajstić information content (AvgIpc) is 3.40. The summed E-state index contributed by atoms with van der Waals surface area (Å²) in [6.07, 6.45) is 4.00. The summed E-state index contributed by atoms with van der Waals surface area (Å²) >= 11 is 0. The summed E-state index contributed by atoms with van der Waals surface area (Å²) in [5.41, 5.74) is 4.55. The van der Waals surface area contributed by atoms with Crippen molar-refractivity contribution in [2.45, 2.75) is 57.4 Å². The van der Waals surface area contributed by atoms with Crippen molar-refractivity contribution in [2.24, 2.45) is 17.8 Å². The molecule has 1 saturated heterocycles. The van der Waals surface area contributed by atoms with Crippen LogP contribution in [0.15, 0.2) is 42.5 Å². The summed E-state index contributed by atoms with van der Waals surface area (Å²) in [6.45, 7) is 6.14. The first-order chi connectivity index (χ1) is 22.2. The van der Waals surface area contributed by atoms with E-state index in [9.17, 15) is 14.7 Å². The first-order valence-electron chi connectivity index (χ1n) is 16.0. The zero-order chi connectivity index (χ0) is 32.7. The van der Waals surface area contributed by atoms with Crippen LogP contribution in [0, 0.1) is 17.8 Å². The number of aromatic nitrogens is 1. The molecule has 3 heterocycles. The lowest BCUT2D eigenvalue weighted by molar-refractivity contribution is -0.187. The molecular formula is C36H44N2O8. The van der Waals surface area contributed by atoms with Crippen LogP contribution >= 0.6 is 0 Å². The number of fused-ring (bicyclic) bond motifs is 6. The van der Waals surface area contributed by atoms with Crippen molar-refractivity contribution in [1.29, 1.82) is 0 Å². The molecule has 3 aromatic rings. The highest BCUT2D eigenvalue weighted by atomic mass is 16.6. The number of carbonyl (C=O) groups excluding carboxylic acids is 2. The first kappa shape index (κ1) is 31.9. The van der Waals surface area contributed by atoms with E-state index in [1.165, 1.54) is 48.5 Å². The van der Waals surface area contributed by atoms with Gasteiger partial charge in [0.25, 0.3) is 0 Å². The fourth-order valence-corrected chi connectivity index (χ4v) is 8.24. The van der Waals surface area contributed by atoms with Gasteiger partial charge in [0, 0.05) is 49.5 Å². The van der Waals surface area contributed by atoms with Gasteiger partial charge in [0.15, 0.2) is 11.5 Å². The molecule has 0 amide bonds. The van der Waals surface area contributed by atoms with E-state index in [1.54, 1.807) is 32.4 Å². The molecule has 0 spiro atoms. The maximum atomic E-state index is 13.5. The van der Waals surface area contributed by atoms with Crippen LogP contribution in [0.1, 0.15) is 55.6 Å². The van der Waals surface area contributed by atoms with Gasteiger partial charge in [-0.3, -0.25) is 9.69 Å². The molecule has 2 aliphatic heterocycles. The van der Waals surface area contributed by atoms with E-state index >= 15 is 0 Å². The number of rotatable bonds is 8. The monoisotopic (exact) mass is 632 g/mol. The maximum Gasteiger partial charge on any atom is 0.331 e. The van der Waals surface area contributed by atoms with Crippen LogP contribution in [0.2, 0.25) is 0 Å². The second-order valence-corrected chi connectivity index (χ2v) is 12.9. The fourth-order valence-electron chi connectivity index (χ4n) is 8.24. The van der Waals surface area contributed by atoms with E-state index in [-0.39, 0.29) is 35.6 Å². The molecule has 1 aromatic heterocycles. The first-order valence-corrected chi connectivity index (χ1v) is 16.0. The number of piperidine rings is 1. The Kier molecular flexibility index (Phi) is 9.03. The van der Waals surface area contributed by atoms with Gasteiger partial charge in [0.2, 0.25) is 0 Å². The van der Waals surface area contributed by atoms with Crippen molar-refractivity contribution in [3.8, 4) is 17.2 Å². The minimum Gasteiger partial charge on any atom is -0.504 e. The van der Waals surface area contributed by atoms with Gasteiger partial charge < -0.3 is 33.4 Å². The van der Waals surface area contributed by atoms with Gasteiger partial charge in [0.1, 0.15) is 18.0 Å². The lowest BCUT2D eigenvalue weighted by atomic mass is 9.63. The second-order valence-electron chi connectivity index (χ2n) is 12.9. The van der Waals surface area contributed by atoms with Crippen LogP contribution in [0.4, 0.5) is 0 Å². The fraction of sp³-hybridized carbons (Fsp3) is 0.500. The quantitative estimate of drug-likeness (QED) is 0.261. The molecule has 0 unspecified atom stereocenters. The molecule has 2 aromatic carbocycles. The number of ether oxygens (including phenoxy) is 5. The van der Waals surface area contributed by atoms with Crippen molar-refractivity contribution in [3.63, 3.8) is 0 Å². The molecule has 246 valence electrons. The predicted molar refractivity (Wildman–Crippen MR) is 173 cm³/mol. The predicted octanol–water partition coefficient (Wildman–Crippen LogP) is 5.31. The third-order valence-electron chi connectivity index (χ3n) is 10.2. The number of carbonyl (C=O) groups is 2. The lowest BCUT2D eigenvalue weighted by Gasteiger charge is -2.53. The van der Waals surface area contributed by atoms with Crippen molar-refractivity contribution < 1.29 is 38.4 Å². The molecule has 0 radical (unpaired) electrons. The van der Waals surface area contributed by atoms with E-state index in [4.69, 9.17) is 23.7 Å². The number of methoxy groups -OCH3 is 4. The van der Waals surface area contributed by atoms with E-state index in [1.807, 2.05) is 6.07 Å². The van der Waals surface area contributed by atoms with Crippen molar-refractivity contribution >= 4 is 28.9 Å². The Labute approximate surface area is 269 Å². The van der Waals surface area contributed by atoms with Gasteiger partial charge >= 0.3 is 11.9 Å². The highest BCUT2D eigenvalue weighted by Gasteiger charge is 2.54. The Hall–Kier alpha value is -4.02. The van der Waals surface area contributed by atoms with E-state index in [0.717, 1.165) is 31.7 Å². The summed E-state index contributed by atoms with van der Waals surface area (Å²) in [6, 6.07) is 11.5. The third-order valence-corrected chi connectivity index (χ3v) is 10.2. The third kappa shape index (κ3) is 5.62. The summed E-state index contributed by atoms with van der Waals surface area (Å²) < 4.78 is 30.5. The van der Waals surface area contributed by atoms with Gasteiger partial charge in [-0.1, -0.05) is 6.07 Å². The number of phenolic OH excluding ortho intramolecular Hbond substituents is 1. The zero-order valence-corrected chi connectivity index (χ0v) is 27.4. The summed E-state index contributed by atoms with van der Waals surface area (Å²) in [5, 5.41) is 11.1. The summed E-state index contributed by atoms with van der Waals surface area (Å²) in [4.78, 5) is 29.1. The highest BCUT2D eigenvalue weighted by Crippen LogP contribution is 2.51. The Morgan fingerprint density at radius 2 is 1.83 bits per heavy atom. The number of hydrogen-bond donors (Lipinski definition) is 1. The van der Waals surface area contributed by atoms with Crippen LogP contribution in [0.25, 0.3) is 17.0 Å². The van der Waals surface area contributed by atoms with Crippen molar-refractivity contribution in [1.82, 2.24) is 9.47 Å². The molecule has 6 atom stereocenters. The van der Waals surface area contributed by atoms with Crippen molar-refractivity contribution in [3.05, 3.63) is 59.3 Å².